The minimum absolute atomic E-state index is 0.270. The van der Waals surface area contributed by atoms with Crippen molar-refractivity contribution in [3.63, 3.8) is 0 Å². The van der Waals surface area contributed by atoms with Crippen LogP contribution in [0.1, 0.15) is 5.56 Å². The number of nitrogen functional groups attached to an aromatic ring is 1. The Bertz CT molecular complexity index is 639. The van der Waals surface area contributed by atoms with Gasteiger partial charge in [-0.1, -0.05) is 6.07 Å². The van der Waals surface area contributed by atoms with Gasteiger partial charge in [0.25, 0.3) is 0 Å². The van der Waals surface area contributed by atoms with Crippen LogP contribution in [0.3, 0.4) is 0 Å². The van der Waals surface area contributed by atoms with E-state index < -0.39 is 40.4 Å². The summed E-state index contributed by atoms with van der Waals surface area (Å²) in [6.07, 6.45) is -4.62. The Hall–Kier alpha value is -2.18. The molecule has 0 saturated carbocycles. The first-order valence-electron chi connectivity index (χ1n) is 5.32. The Morgan fingerprint density at radius 2 is 1.40 bits per heavy atom. The third-order valence-electron chi connectivity index (χ3n) is 2.66. The van der Waals surface area contributed by atoms with E-state index >= 15 is 0 Å². The molecule has 0 aliphatic carbocycles. The van der Waals surface area contributed by atoms with Crippen LogP contribution in [-0.4, -0.2) is 0 Å². The third-order valence-corrected chi connectivity index (χ3v) is 2.66. The van der Waals surface area contributed by atoms with Gasteiger partial charge in [-0.05, 0) is 12.1 Å². The van der Waals surface area contributed by atoms with E-state index in [2.05, 4.69) is 0 Å². The number of benzene rings is 2. The summed E-state index contributed by atoms with van der Waals surface area (Å²) in [5, 5.41) is 0. The highest BCUT2D eigenvalue weighted by molar-refractivity contribution is 5.77. The van der Waals surface area contributed by atoms with Crippen LogP contribution in [0.4, 0.5) is 32.0 Å². The van der Waals surface area contributed by atoms with Crippen LogP contribution in [0.5, 0.6) is 0 Å². The molecule has 0 unspecified atom stereocenters. The maximum absolute atomic E-state index is 13.6. The van der Waals surface area contributed by atoms with E-state index in [9.17, 15) is 26.3 Å². The quantitative estimate of drug-likeness (QED) is 0.612. The van der Waals surface area contributed by atoms with Crippen molar-refractivity contribution >= 4 is 5.69 Å². The van der Waals surface area contributed by atoms with E-state index in [0.29, 0.717) is 24.3 Å². The fraction of sp³-hybridized carbons (Fsp3) is 0.0769. The minimum Gasteiger partial charge on any atom is -0.398 e. The van der Waals surface area contributed by atoms with Gasteiger partial charge in [-0.15, -0.1) is 0 Å². The van der Waals surface area contributed by atoms with E-state index in [1.807, 2.05) is 0 Å². The molecule has 0 heterocycles. The second kappa shape index (κ2) is 4.73. The highest BCUT2D eigenvalue weighted by atomic mass is 19.4. The van der Waals surface area contributed by atoms with E-state index in [1.165, 1.54) is 0 Å². The van der Waals surface area contributed by atoms with Crippen molar-refractivity contribution in [2.45, 2.75) is 6.18 Å². The summed E-state index contributed by atoms with van der Waals surface area (Å²) in [5.74, 6) is -3.61. The van der Waals surface area contributed by atoms with Crippen molar-refractivity contribution < 1.29 is 26.3 Å². The molecule has 0 spiro atoms. The smallest absolute Gasteiger partial charge is 0.398 e. The molecule has 20 heavy (non-hydrogen) atoms. The van der Waals surface area contributed by atoms with Gasteiger partial charge in [0.15, 0.2) is 0 Å². The van der Waals surface area contributed by atoms with Gasteiger partial charge in [0.1, 0.15) is 17.5 Å². The van der Waals surface area contributed by atoms with Gasteiger partial charge in [0.2, 0.25) is 0 Å². The van der Waals surface area contributed by atoms with Gasteiger partial charge >= 0.3 is 6.18 Å². The summed E-state index contributed by atoms with van der Waals surface area (Å²) in [5.41, 5.74) is 2.97. The van der Waals surface area contributed by atoms with Gasteiger partial charge in [0, 0.05) is 23.4 Å². The normalized spacial score (nSPS) is 11.7. The molecule has 0 bridgehead atoms. The Kier molecular flexibility index (Phi) is 3.37. The van der Waals surface area contributed by atoms with Crippen molar-refractivity contribution in [2.75, 3.05) is 5.73 Å². The summed E-state index contributed by atoms with van der Waals surface area (Å²) < 4.78 is 77.3. The number of rotatable bonds is 1. The van der Waals surface area contributed by atoms with Crippen molar-refractivity contribution in [1.29, 1.82) is 0 Å². The number of alkyl halides is 3. The first-order valence-corrected chi connectivity index (χ1v) is 5.32. The maximum atomic E-state index is 13.6. The van der Waals surface area contributed by atoms with Gasteiger partial charge in [0.05, 0.1) is 11.1 Å². The summed E-state index contributed by atoms with van der Waals surface area (Å²) in [4.78, 5) is 0. The fourth-order valence-electron chi connectivity index (χ4n) is 1.77. The molecule has 2 aromatic carbocycles. The molecule has 0 aliphatic heterocycles. The lowest BCUT2D eigenvalue weighted by molar-refractivity contribution is -0.137. The molecule has 0 saturated heterocycles. The lowest BCUT2D eigenvalue weighted by Gasteiger charge is -2.12. The zero-order valence-electron chi connectivity index (χ0n) is 9.73. The predicted octanol–water partition coefficient (Wildman–Crippen LogP) is 4.37. The first-order chi connectivity index (χ1) is 9.20. The molecular weight excluding hydrogens is 284 g/mol. The molecule has 1 nitrogen and oxygen atoms in total. The highest BCUT2D eigenvalue weighted by Gasteiger charge is 2.31. The van der Waals surface area contributed by atoms with Crippen LogP contribution in [0.15, 0.2) is 30.3 Å². The van der Waals surface area contributed by atoms with Crippen molar-refractivity contribution in [1.82, 2.24) is 0 Å². The lowest BCUT2D eigenvalue weighted by Crippen LogP contribution is -2.06. The molecule has 0 aromatic heterocycles. The molecule has 0 radical (unpaired) electrons. The summed E-state index contributed by atoms with van der Waals surface area (Å²) in [7, 11) is 0. The first kappa shape index (κ1) is 14.2. The van der Waals surface area contributed by atoms with Gasteiger partial charge < -0.3 is 5.73 Å². The molecule has 106 valence electrons. The molecule has 2 aromatic rings. The second-order valence-electron chi connectivity index (χ2n) is 4.04. The maximum Gasteiger partial charge on any atom is 0.416 e. The van der Waals surface area contributed by atoms with Crippen molar-refractivity contribution in [2.24, 2.45) is 0 Å². The molecule has 7 heteroatoms. The lowest BCUT2D eigenvalue weighted by atomic mass is 10.0. The van der Waals surface area contributed by atoms with Gasteiger partial charge in [-0.3, -0.25) is 0 Å². The van der Waals surface area contributed by atoms with E-state index in [4.69, 9.17) is 5.73 Å². The SMILES string of the molecule is Nc1cc(C(F)(F)F)ccc1-c1c(F)cc(F)cc1F. The average molecular weight is 291 g/mol. The number of anilines is 1. The Balaban J connectivity index is 2.61. The van der Waals surface area contributed by atoms with Crippen LogP contribution < -0.4 is 5.73 Å². The van der Waals surface area contributed by atoms with Crippen LogP contribution in [-0.2, 0) is 6.18 Å². The van der Waals surface area contributed by atoms with E-state index in [0.717, 1.165) is 6.07 Å². The molecule has 0 fully saturated rings. The van der Waals surface area contributed by atoms with Gasteiger partial charge in [-0.25, -0.2) is 13.2 Å². The molecule has 2 rings (SSSR count). The predicted molar refractivity (Wildman–Crippen MR) is 61.2 cm³/mol. The fourth-order valence-corrected chi connectivity index (χ4v) is 1.77. The third kappa shape index (κ3) is 2.56. The zero-order chi connectivity index (χ0) is 15.1. The minimum atomic E-state index is -4.62. The number of nitrogens with two attached hydrogens (primary N) is 1. The molecular formula is C13H7F6N. The number of halogens is 6. The van der Waals surface area contributed by atoms with Crippen LogP contribution in [0.2, 0.25) is 0 Å². The molecule has 0 aliphatic rings. The molecule has 2 N–H and O–H groups in total. The van der Waals surface area contributed by atoms with Crippen LogP contribution in [0, 0.1) is 17.5 Å². The average Bonchev–Trinajstić information content (AvgIpc) is 2.28. The number of hydrogen-bond acceptors (Lipinski definition) is 1. The van der Waals surface area contributed by atoms with Crippen molar-refractivity contribution in [3.05, 3.63) is 53.3 Å². The summed E-state index contributed by atoms with van der Waals surface area (Å²) in [6, 6.07) is 2.91. The van der Waals surface area contributed by atoms with Crippen LogP contribution in [0.25, 0.3) is 11.1 Å². The zero-order valence-corrected chi connectivity index (χ0v) is 9.73. The molecule has 0 amide bonds. The monoisotopic (exact) mass is 291 g/mol. The second-order valence-corrected chi connectivity index (χ2v) is 4.04. The number of hydrogen-bond donors (Lipinski definition) is 1. The van der Waals surface area contributed by atoms with E-state index in [1.54, 1.807) is 0 Å². The largest absolute Gasteiger partial charge is 0.416 e. The topological polar surface area (TPSA) is 26.0 Å². The Morgan fingerprint density at radius 3 is 1.85 bits per heavy atom. The highest BCUT2D eigenvalue weighted by Crippen LogP contribution is 2.36. The standard InChI is InChI=1S/C13H7F6N/c14-7-4-9(15)12(10(16)5-7)8-2-1-6(3-11(8)20)13(17,18)19/h1-5H,20H2. The van der Waals surface area contributed by atoms with Crippen molar-refractivity contribution in [3.8, 4) is 11.1 Å². The van der Waals surface area contributed by atoms with Gasteiger partial charge in [-0.2, -0.15) is 13.2 Å². The van der Waals surface area contributed by atoms with Crippen LogP contribution >= 0.6 is 0 Å². The Labute approximate surface area is 109 Å². The van der Waals surface area contributed by atoms with E-state index in [-0.39, 0.29) is 5.56 Å². The molecule has 0 atom stereocenters. The summed E-state index contributed by atoms with van der Waals surface area (Å²) in [6.45, 7) is 0. The Morgan fingerprint density at radius 1 is 0.850 bits per heavy atom. The summed E-state index contributed by atoms with van der Waals surface area (Å²) >= 11 is 0.